The van der Waals surface area contributed by atoms with Crippen molar-refractivity contribution >= 4 is 45.8 Å². The molecule has 5 nitrogen and oxygen atoms in total. The third-order valence-corrected chi connectivity index (χ3v) is 11.7. The SMILES string of the molecule is CCCCCCc1cc(-c2sc(/C=C(/C#N)C(=O)O)cc2CCCCCC)sc1-c1ccc(-c2nc3ccccc3n2-c2ccc(F)cc2)cc1. The maximum absolute atomic E-state index is 13.9. The van der Waals surface area contributed by atoms with Gasteiger partial charge < -0.3 is 5.11 Å². The van der Waals surface area contributed by atoms with Crippen molar-refractivity contribution < 1.29 is 14.3 Å². The van der Waals surface area contributed by atoms with Crippen LogP contribution in [0.2, 0.25) is 0 Å². The number of aryl methyl sites for hydroxylation is 2. The molecule has 0 aliphatic carbocycles. The van der Waals surface area contributed by atoms with Gasteiger partial charge in [0.25, 0.3) is 0 Å². The number of aliphatic carboxylic acids is 1. The fourth-order valence-electron chi connectivity index (χ4n) is 6.50. The number of rotatable bonds is 16. The van der Waals surface area contributed by atoms with Crippen LogP contribution in [0.3, 0.4) is 0 Å². The van der Waals surface area contributed by atoms with Gasteiger partial charge in [-0.15, -0.1) is 22.7 Å². The molecule has 0 spiro atoms. The molecule has 0 atom stereocenters. The van der Waals surface area contributed by atoms with E-state index in [9.17, 15) is 19.6 Å². The molecule has 260 valence electrons. The smallest absolute Gasteiger partial charge is 0.346 e. The van der Waals surface area contributed by atoms with Crippen LogP contribution in [-0.4, -0.2) is 20.6 Å². The largest absolute Gasteiger partial charge is 0.477 e. The third-order valence-electron chi connectivity index (χ3n) is 9.15. The summed E-state index contributed by atoms with van der Waals surface area (Å²) in [6.07, 6.45) is 12.6. The molecule has 8 heteroatoms. The first kappa shape index (κ1) is 36.0. The highest BCUT2D eigenvalue weighted by atomic mass is 32.1. The first-order chi connectivity index (χ1) is 24.9. The van der Waals surface area contributed by atoms with E-state index in [1.165, 1.54) is 64.8 Å². The number of nitrogens with zero attached hydrogens (tertiary/aromatic N) is 3. The van der Waals surface area contributed by atoms with Gasteiger partial charge in [0.15, 0.2) is 0 Å². The first-order valence-corrected chi connectivity index (χ1v) is 19.5. The highest BCUT2D eigenvalue weighted by molar-refractivity contribution is 7.24. The number of carboxylic acid groups (broad SMARTS) is 1. The quantitative estimate of drug-likeness (QED) is 0.0614. The minimum Gasteiger partial charge on any atom is -0.477 e. The predicted octanol–water partition coefficient (Wildman–Crippen LogP) is 12.5. The van der Waals surface area contributed by atoms with Crippen LogP contribution in [0, 0.1) is 17.1 Å². The lowest BCUT2D eigenvalue weighted by molar-refractivity contribution is -0.132. The number of hydrogen-bond acceptors (Lipinski definition) is 5. The van der Waals surface area contributed by atoms with Crippen LogP contribution >= 0.6 is 22.7 Å². The van der Waals surface area contributed by atoms with Crippen LogP contribution in [0.4, 0.5) is 4.39 Å². The first-order valence-electron chi connectivity index (χ1n) is 17.8. The second-order valence-corrected chi connectivity index (χ2v) is 15.0. The molecule has 6 rings (SSSR count). The van der Waals surface area contributed by atoms with E-state index in [1.54, 1.807) is 34.8 Å². The van der Waals surface area contributed by atoms with E-state index in [1.807, 2.05) is 30.3 Å². The van der Waals surface area contributed by atoms with Gasteiger partial charge in [-0.1, -0.05) is 88.8 Å². The van der Waals surface area contributed by atoms with Crippen LogP contribution in [0.1, 0.15) is 81.2 Å². The number of nitriles is 1. The summed E-state index contributed by atoms with van der Waals surface area (Å²) in [7, 11) is 0. The molecule has 0 bridgehead atoms. The van der Waals surface area contributed by atoms with Crippen LogP contribution in [-0.2, 0) is 17.6 Å². The minimum atomic E-state index is -1.21. The topological polar surface area (TPSA) is 78.9 Å². The van der Waals surface area contributed by atoms with Crippen molar-refractivity contribution in [2.45, 2.75) is 78.1 Å². The average Bonchev–Trinajstić information content (AvgIpc) is 3.86. The summed E-state index contributed by atoms with van der Waals surface area (Å²) in [5.74, 6) is -0.687. The van der Waals surface area contributed by atoms with E-state index in [4.69, 9.17) is 4.98 Å². The normalized spacial score (nSPS) is 11.7. The van der Waals surface area contributed by atoms with E-state index in [2.05, 4.69) is 54.8 Å². The van der Waals surface area contributed by atoms with E-state index in [0.29, 0.717) is 0 Å². The summed E-state index contributed by atoms with van der Waals surface area (Å²) in [6, 6.07) is 29.4. The summed E-state index contributed by atoms with van der Waals surface area (Å²) in [5, 5.41) is 19.0. The van der Waals surface area contributed by atoms with E-state index >= 15 is 0 Å². The Morgan fingerprint density at radius 2 is 1.47 bits per heavy atom. The molecule has 0 amide bonds. The maximum atomic E-state index is 13.9. The molecule has 0 radical (unpaired) electrons. The highest BCUT2D eigenvalue weighted by Gasteiger charge is 2.20. The number of aromatic nitrogens is 2. The molecule has 1 N–H and O–H groups in total. The molecule has 0 fully saturated rings. The summed E-state index contributed by atoms with van der Waals surface area (Å²) >= 11 is 3.36. The Hall–Kier alpha value is -4.84. The molecule has 3 aromatic carbocycles. The minimum absolute atomic E-state index is 0.253. The molecule has 0 saturated carbocycles. The number of unbranched alkanes of at least 4 members (excludes halogenated alkanes) is 6. The number of hydrogen-bond donors (Lipinski definition) is 1. The Balaban J connectivity index is 1.40. The van der Waals surface area contributed by atoms with Gasteiger partial charge in [0.2, 0.25) is 0 Å². The van der Waals surface area contributed by atoms with Crippen molar-refractivity contribution in [3.05, 3.63) is 112 Å². The second kappa shape index (κ2) is 16.9. The van der Waals surface area contributed by atoms with E-state index in [-0.39, 0.29) is 11.4 Å². The molecule has 3 aromatic heterocycles. The van der Waals surface area contributed by atoms with Gasteiger partial charge in [-0.05, 0) is 97.0 Å². The number of thiophene rings is 2. The van der Waals surface area contributed by atoms with Crippen molar-refractivity contribution in [3.63, 3.8) is 0 Å². The van der Waals surface area contributed by atoms with Crippen molar-refractivity contribution in [2.75, 3.05) is 0 Å². The molecule has 6 aromatic rings. The Morgan fingerprint density at radius 3 is 2.12 bits per heavy atom. The van der Waals surface area contributed by atoms with Gasteiger partial charge in [0.1, 0.15) is 23.3 Å². The van der Waals surface area contributed by atoms with Gasteiger partial charge in [-0.2, -0.15) is 5.26 Å². The fraction of sp³-hybridized carbons (Fsp3) is 0.279. The fourth-order valence-corrected chi connectivity index (χ4v) is 9.00. The lowest BCUT2D eigenvalue weighted by Crippen LogP contribution is -1.97. The van der Waals surface area contributed by atoms with Gasteiger partial charge in [-0.3, -0.25) is 4.57 Å². The lowest BCUT2D eigenvalue weighted by Gasteiger charge is -2.10. The number of carboxylic acids is 1. The molecular formula is C43H42FN3O2S2. The van der Waals surface area contributed by atoms with Crippen molar-refractivity contribution in [1.29, 1.82) is 5.26 Å². The predicted molar refractivity (Wildman–Crippen MR) is 210 cm³/mol. The monoisotopic (exact) mass is 715 g/mol. The summed E-state index contributed by atoms with van der Waals surface area (Å²) in [4.78, 5) is 21.0. The molecule has 0 unspecified atom stereocenters. The average molecular weight is 716 g/mol. The number of fused-ring (bicyclic) bond motifs is 1. The number of carbonyl (C=O) groups is 1. The maximum Gasteiger partial charge on any atom is 0.346 e. The van der Waals surface area contributed by atoms with Gasteiger partial charge >= 0.3 is 5.97 Å². The van der Waals surface area contributed by atoms with Crippen LogP contribution in [0.5, 0.6) is 0 Å². The standard InChI is InChI=1S/C43H42FN3O2S2/c1-3-5-7-9-13-31-25-36(26-33(28-45)43(48)49)50-41(31)39-27-32(14-10-8-6-4-2)40(51-39)29-17-19-30(20-18-29)42-46-37-15-11-12-16-38(37)47(42)35-23-21-34(44)22-24-35/h11-12,15-27H,3-10,13-14H2,1-2H3,(H,48,49)/b33-26-. The second-order valence-electron chi connectivity index (χ2n) is 12.9. The summed E-state index contributed by atoms with van der Waals surface area (Å²) in [6.45, 7) is 4.44. The van der Waals surface area contributed by atoms with Crippen LogP contribution in [0.15, 0.2) is 90.5 Å². The van der Waals surface area contributed by atoms with E-state index in [0.717, 1.165) is 82.0 Å². The Labute approximate surface area is 307 Å². The number of para-hydroxylation sites is 2. The van der Waals surface area contributed by atoms with Crippen molar-refractivity contribution in [1.82, 2.24) is 9.55 Å². The molecular weight excluding hydrogens is 674 g/mol. The molecule has 0 aliphatic heterocycles. The summed E-state index contributed by atoms with van der Waals surface area (Å²) < 4.78 is 16.0. The Morgan fingerprint density at radius 1 is 0.824 bits per heavy atom. The number of benzene rings is 3. The molecule has 0 saturated heterocycles. The molecule has 0 aliphatic rings. The zero-order chi connectivity index (χ0) is 35.7. The highest BCUT2D eigenvalue weighted by Crippen LogP contribution is 2.44. The Kier molecular flexibility index (Phi) is 11.9. The number of imidazole rings is 1. The van der Waals surface area contributed by atoms with Crippen molar-refractivity contribution in [3.8, 4) is 43.3 Å². The van der Waals surface area contributed by atoms with Crippen molar-refractivity contribution in [2.24, 2.45) is 0 Å². The lowest BCUT2D eigenvalue weighted by atomic mass is 10.0. The zero-order valence-electron chi connectivity index (χ0n) is 29.1. The van der Waals surface area contributed by atoms with Crippen LogP contribution < -0.4 is 0 Å². The zero-order valence-corrected chi connectivity index (χ0v) is 30.8. The van der Waals surface area contributed by atoms with Gasteiger partial charge in [0, 0.05) is 30.8 Å². The van der Waals surface area contributed by atoms with Gasteiger partial charge in [0.05, 0.1) is 11.0 Å². The summed E-state index contributed by atoms with van der Waals surface area (Å²) in [5.41, 5.74) is 7.08. The molecule has 51 heavy (non-hydrogen) atoms. The Bertz CT molecular complexity index is 2180. The van der Waals surface area contributed by atoms with E-state index < -0.39 is 5.97 Å². The molecule has 3 heterocycles. The van der Waals surface area contributed by atoms with Gasteiger partial charge in [-0.25, -0.2) is 14.2 Å². The number of halogens is 1. The van der Waals surface area contributed by atoms with Crippen LogP contribution in [0.25, 0.3) is 54.4 Å². The third kappa shape index (κ3) is 8.39.